The van der Waals surface area contributed by atoms with Gasteiger partial charge in [-0.05, 0) is 11.6 Å². The van der Waals surface area contributed by atoms with Crippen LogP contribution >= 0.6 is 0 Å². The second kappa shape index (κ2) is 2.32. The molecule has 1 aromatic heterocycles. The minimum absolute atomic E-state index is 0.195. The zero-order valence-electron chi connectivity index (χ0n) is 7.61. The molecule has 1 aromatic rings. The van der Waals surface area contributed by atoms with Crippen LogP contribution < -0.4 is 0 Å². The maximum atomic E-state index is 11.6. The van der Waals surface area contributed by atoms with Gasteiger partial charge in [-0.2, -0.15) is 0 Å². The number of sulfone groups is 1. The highest BCUT2D eigenvalue weighted by molar-refractivity contribution is 7.91. The van der Waals surface area contributed by atoms with Crippen molar-refractivity contribution in [2.45, 2.75) is 24.2 Å². The smallest absolute Gasteiger partial charge is 0.179 e. The van der Waals surface area contributed by atoms with Crippen LogP contribution in [0.2, 0.25) is 0 Å². The summed E-state index contributed by atoms with van der Waals surface area (Å²) in [6.45, 7) is 3.86. The first-order valence-corrected chi connectivity index (χ1v) is 5.76. The van der Waals surface area contributed by atoms with Crippen molar-refractivity contribution in [2.75, 3.05) is 5.75 Å². The first-order valence-electron chi connectivity index (χ1n) is 4.11. The fourth-order valence-electron chi connectivity index (χ4n) is 1.79. The van der Waals surface area contributed by atoms with Crippen LogP contribution in [0.15, 0.2) is 23.4 Å². The van der Waals surface area contributed by atoms with Crippen LogP contribution in [-0.2, 0) is 15.3 Å². The Labute approximate surface area is 77.7 Å². The summed E-state index contributed by atoms with van der Waals surface area (Å²) in [6, 6.07) is 1.58. The largest absolute Gasteiger partial charge is 0.264 e. The van der Waals surface area contributed by atoms with Gasteiger partial charge in [0, 0.05) is 17.8 Å². The molecule has 2 heterocycles. The van der Waals surface area contributed by atoms with E-state index in [0.717, 1.165) is 5.56 Å². The van der Waals surface area contributed by atoms with Gasteiger partial charge in [-0.3, -0.25) is 4.98 Å². The second-order valence-electron chi connectivity index (χ2n) is 4.01. The van der Waals surface area contributed by atoms with E-state index in [4.69, 9.17) is 0 Å². The molecule has 70 valence electrons. The van der Waals surface area contributed by atoms with Crippen molar-refractivity contribution < 1.29 is 8.42 Å². The maximum Gasteiger partial charge on any atom is 0.179 e. The molecule has 0 saturated heterocycles. The number of nitrogens with zero attached hydrogens (tertiary/aromatic N) is 1. The van der Waals surface area contributed by atoms with E-state index in [1.54, 1.807) is 12.3 Å². The summed E-state index contributed by atoms with van der Waals surface area (Å²) in [4.78, 5) is 4.40. The van der Waals surface area contributed by atoms with E-state index in [1.807, 2.05) is 13.8 Å². The molecule has 1 aliphatic rings. The lowest BCUT2D eigenvalue weighted by atomic mass is 9.88. The van der Waals surface area contributed by atoms with Crippen molar-refractivity contribution in [1.29, 1.82) is 0 Å². The second-order valence-corrected chi connectivity index (χ2v) is 5.97. The summed E-state index contributed by atoms with van der Waals surface area (Å²) in [6.07, 6.45) is 3.18. The quantitative estimate of drug-likeness (QED) is 0.626. The number of pyridine rings is 1. The zero-order chi connectivity index (χ0) is 9.69. The molecule has 0 aliphatic carbocycles. The van der Waals surface area contributed by atoms with Gasteiger partial charge in [0.25, 0.3) is 0 Å². The molecule has 3 nitrogen and oxygen atoms in total. The highest BCUT2D eigenvalue weighted by Crippen LogP contribution is 2.38. The molecule has 2 rings (SSSR count). The van der Waals surface area contributed by atoms with E-state index < -0.39 is 9.84 Å². The topological polar surface area (TPSA) is 47.0 Å². The Morgan fingerprint density at radius 1 is 1.46 bits per heavy atom. The van der Waals surface area contributed by atoms with Crippen LogP contribution in [0.5, 0.6) is 0 Å². The molecule has 0 saturated carbocycles. The van der Waals surface area contributed by atoms with Gasteiger partial charge in [-0.25, -0.2) is 8.42 Å². The van der Waals surface area contributed by atoms with Gasteiger partial charge < -0.3 is 0 Å². The Bertz CT molecular complexity index is 448. The molecule has 0 radical (unpaired) electrons. The van der Waals surface area contributed by atoms with Crippen LogP contribution in [0, 0.1) is 0 Å². The average molecular weight is 197 g/mol. The molecule has 0 unspecified atom stereocenters. The summed E-state index contributed by atoms with van der Waals surface area (Å²) >= 11 is 0. The fourth-order valence-corrected chi connectivity index (χ4v) is 3.99. The molecule has 0 fully saturated rings. The molecule has 0 amide bonds. The lowest BCUT2D eigenvalue weighted by Gasteiger charge is -2.15. The Hall–Kier alpha value is -0.900. The Morgan fingerprint density at radius 3 is 2.77 bits per heavy atom. The molecular formula is C9H11NO2S. The van der Waals surface area contributed by atoms with Crippen molar-refractivity contribution in [2.24, 2.45) is 0 Å². The first kappa shape index (κ1) is 8.69. The molecular weight excluding hydrogens is 186 g/mol. The predicted molar refractivity (Wildman–Crippen MR) is 49.3 cm³/mol. The highest BCUT2D eigenvalue weighted by atomic mass is 32.2. The van der Waals surface area contributed by atoms with Gasteiger partial charge in [0.15, 0.2) is 9.84 Å². The summed E-state index contributed by atoms with van der Waals surface area (Å²) in [5.74, 6) is 0.195. The Kier molecular flexibility index (Phi) is 1.55. The van der Waals surface area contributed by atoms with Gasteiger partial charge in [-0.15, -0.1) is 0 Å². The van der Waals surface area contributed by atoms with E-state index in [0.29, 0.717) is 4.90 Å². The minimum Gasteiger partial charge on any atom is -0.264 e. The summed E-state index contributed by atoms with van der Waals surface area (Å²) in [7, 11) is -3.05. The van der Waals surface area contributed by atoms with Crippen molar-refractivity contribution in [3.63, 3.8) is 0 Å². The summed E-state index contributed by atoms with van der Waals surface area (Å²) in [5.41, 5.74) is 0.553. The van der Waals surface area contributed by atoms with Crippen LogP contribution in [-0.4, -0.2) is 19.2 Å². The molecule has 1 aliphatic heterocycles. The number of hydrogen-bond acceptors (Lipinski definition) is 3. The van der Waals surface area contributed by atoms with Crippen molar-refractivity contribution >= 4 is 9.84 Å². The average Bonchev–Trinajstić information content (AvgIpc) is 2.20. The fraction of sp³-hybridized carbons (Fsp3) is 0.444. The molecule has 0 bridgehead atoms. The van der Waals surface area contributed by atoms with Gasteiger partial charge in [-0.1, -0.05) is 13.8 Å². The summed E-state index contributed by atoms with van der Waals surface area (Å²) < 4.78 is 23.3. The van der Waals surface area contributed by atoms with Gasteiger partial charge in [0.2, 0.25) is 0 Å². The third-order valence-electron chi connectivity index (χ3n) is 2.40. The van der Waals surface area contributed by atoms with E-state index in [9.17, 15) is 8.42 Å². The monoisotopic (exact) mass is 197 g/mol. The molecule has 0 atom stereocenters. The van der Waals surface area contributed by atoms with Gasteiger partial charge in [0.05, 0.1) is 10.6 Å². The van der Waals surface area contributed by atoms with Gasteiger partial charge in [0.1, 0.15) is 0 Å². The molecule has 0 spiro atoms. The normalized spacial score (nSPS) is 22.6. The number of rotatable bonds is 0. The van der Waals surface area contributed by atoms with E-state index >= 15 is 0 Å². The highest BCUT2D eigenvalue weighted by Gasteiger charge is 2.40. The Balaban J connectivity index is 2.79. The van der Waals surface area contributed by atoms with Crippen LogP contribution in [0.4, 0.5) is 0 Å². The van der Waals surface area contributed by atoms with Crippen molar-refractivity contribution in [1.82, 2.24) is 4.98 Å². The maximum absolute atomic E-state index is 11.6. The van der Waals surface area contributed by atoms with Gasteiger partial charge >= 0.3 is 0 Å². The lowest BCUT2D eigenvalue weighted by Crippen LogP contribution is -2.19. The molecule has 4 heteroatoms. The van der Waals surface area contributed by atoms with E-state index in [1.165, 1.54) is 6.20 Å². The van der Waals surface area contributed by atoms with Crippen LogP contribution in [0.25, 0.3) is 0 Å². The lowest BCUT2D eigenvalue weighted by molar-refractivity contribution is 0.571. The van der Waals surface area contributed by atoms with E-state index in [-0.39, 0.29) is 11.2 Å². The number of hydrogen-bond donors (Lipinski definition) is 0. The SMILES string of the molecule is CC1(C)CS(=O)(=O)c2ccncc21. The van der Waals surface area contributed by atoms with Crippen LogP contribution in [0.3, 0.4) is 0 Å². The van der Waals surface area contributed by atoms with E-state index in [2.05, 4.69) is 4.98 Å². The summed E-state index contributed by atoms with van der Waals surface area (Å²) in [5, 5.41) is 0. The zero-order valence-corrected chi connectivity index (χ0v) is 8.43. The number of fused-ring (bicyclic) bond motifs is 1. The third kappa shape index (κ3) is 1.16. The van der Waals surface area contributed by atoms with Crippen LogP contribution in [0.1, 0.15) is 19.4 Å². The van der Waals surface area contributed by atoms with Crippen molar-refractivity contribution in [3.05, 3.63) is 24.0 Å². The Morgan fingerprint density at radius 2 is 2.15 bits per heavy atom. The molecule has 0 aromatic carbocycles. The number of aromatic nitrogens is 1. The standard InChI is InChI=1S/C9H11NO2S/c1-9(2)6-13(11,12)8-3-4-10-5-7(8)9/h3-5H,6H2,1-2H3. The first-order chi connectivity index (χ1) is 5.93. The minimum atomic E-state index is -3.05. The molecule has 13 heavy (non-hydrogen) atoms. The molecule has 0 N–H and O–H groups in total. The third-order valence-corrected chi connectivity index (χ3v) is 4.52. The van der Waals surface area contributed by atoms with Crippen molar-refractivity contribution in [3.8, 4) is 0 Å². The predicted octanol–water partition coefficient (Wildman–Crippen LogP) is 1.15.